The first-order valence-electron chi connectivity index (χ1n) is 7.85. The van der Waals surface area contributed by atoms with Crippen LogP contribution in [0.2, 0.25) is 0 Å². The van der Waals surface area contributed by atoms with Crippen LogP contribution in [0.4, 0.5) is 0 Å². The number of rotatable bonds is 2. The number of halogens is 1. The van der Waals surface area contributed by atoms with Gasteiger partial charge in [0.1, 0.15) is 0 Å². The zero-order valence-electron chi connectivity index (χ0n) is 12.7. The minimum atomic E-state index is -0.221. The molecule has 1 unspecified atom stereocenters. The van der Waals surface area contributed by atoms with Crippen LogP contribution in [-0.2, 0) is 17.7 Å². The molecule has 4 nitrogen and oxygen atoms in total. The Hall–Kier alpha value is -1.52. The quantitative estimate of drug-likeness (QED) is 0.864. The molecule has 1 atom stereocenters. The Morgan fingerprint density at radius 3 is 3.14 bits per heavy atom. The zero-order valence-corrected chi connectivity index (χ0v) is 13.5. The van der Waals surface area contributed by atoms with Gasteiger partial charge in [0.05, 0.1) is 12.2 Å². The van der Waals surface area contributed by atoms with Crippen LogP contribution in [0.3, 0.4) is 0 Å². The van der Waals surface area contributed by atoms with Crippen molar-refractivity contribution in [3.8, 4) is 0 Å². The topological polar surface area (TPSA) is 43.3 Å². The fraction of sp³-hybridized carbons (Fsp3) is 0.471. The van der Waals surface area contributed by atoms with E-state index in [-0.39, 0.29) is 18.4 Å². The number of esters is 1. The van der Waals surface area contributed by atoms with Crippen molar-refractivity contribution in [2.45, 2.75) is 38.8 Å². The number of nitrogens with zero attached hydrogens (tertiary/aromatic N) is 1. The van der Waals surface area contributed by atoms with Gasteiger partial charge in [-0.05, 0) is 49.9 Å². The molecule has 2 heterocycles. The number of hydrogen-bond donors (Lipinski definition) is 1. The fourth-order valence-electron chi connectivity index (χ4n) is 3.86. The third-order valence-electron chi connectivity index (χ3n) is 4.70. The van der Waals surface area contributed by atoms with Crippen molar-refractivity contribution in [3.05, 3.63) is 35.0 Å². The maximum atomic E-state index is 12.0. The first-order valence-corrected chi connectivity index (χ1v) is 7.85. The molecule has 0 bridgehead atoms. The normalized spacial score (nSPS) is 19.4. The van der Waals surface area contributed by atoms with Gasteiger partial charge in [0, 0.05) is 35.7 Å². The number of ether oxygens (including phenoxy) is 1. The Bertz CT molecular complexity index is 721. The van der Waals surface area contributed by atoms with E-state index in [1.165, 1.54) is 35.0 Å². The van der Waals surface area contributed by atoms with Gasteiger partial charge in [0.15, 0.2) is 0 Å². The van der Waals surface area contributed by atoms with Crippen LogP contribution in [0.1, 0.15) is 47.4 Å². The second-order valence-electron chi connectivity index (χ2n) is 5.87. The second-order valence-corrected chi connectivity index (χ2v) is 5.87. The van der Waals surface area contributed by atoms with E-state index in [2.05, 4.69) is 16.0 Å². The van der Waals surface area contributed by atoms with Gasteiger partial charge in [-0.15, -0.1) is 12.4 Å². The minimum Gasteiger partial charge on any atom is -0.462 e. The predicted molar refractivity (Wildman–Crippen MR) is 88.8 cm³/mol. The van der Waals surface area contributed by atoms with Crippen LogP contribution in [0.15, 0.2) is 18.2 Å². The molecular formula is C17H21ClN2O2. The van der Waals surface area contributed by atoms with Gasteiger partial charge < -0.3 is 14.6 Å². The molecular weight excluding hydrogens is 300 g/mol. The zero-order chi connectivity index (χ0) is 14.4. The van der Waals surface area contributed by atoms with E-state index in [9.17, 15) is 4.79 Å². The lowest BCUT2D eigenvalue weighted by Gasteiger charge is -2.31. The van der Waals surface area contributed by atoms with Crippen LogP contribution in [0, 0.1) is 0 Å². The molecule has 4 rings (SSSR count). The number of hydrogen-bond acceptors (Lipinski definition) is 3. The van der Waals surface area contributed by atoms with E-state index in [0.717, 1.165) is 19.5 Å². The van der Waals surface area contributed by atoms with E-state index in [1.54, 1.807) is 0 Å². The molecule has 1 aliphatic carbocycles. The third kappa shape index (κ3) is 2.22. The lowest BCUT2D eigenvalue weighted by atomic mass is 9.90. The van der Waals surface area contributed by atoms with Crippen LogP contribution >= 0.6 is 12.4 Å². The van der Waals surface area contributed by atoms with Crippen molar-refractivity contribution in [1.29, 1.82) is 0 Å². The summed E-state index contributed by atoms with van der Waals surface area (Å²) in [5.41, 5.74) is 4.81. The number of aryl methyl sites for hydroxylation is 1. The standard InChI is InChI=1S/C17H20N2O2.ClH/c1-2-21-17(20)11-6-7-15-13(10-11)12-4-3-5-14-16(12)19(15)9-8-18-14;/h6-7,10,14,18H,2-5,8-9H2,1H3;1H. The molecule has 5 heteroatoms. The van der Waals surface area contributed by atoms with Crippen molar-refractivity contribution in [2.24, 2.45) is 0 Å². The third-order valence-corrected chi connectivity index (χ3v) is 4.70. The van der Waals surface area contributed by atoms with Crippen LogP contribution in [0.5, 0.6) is 0 Å². The number of fused-ring (bicyclic) bond motifs is 3. The molecule has 1 aliphatic heterocycles. The number of aromatic nitrogens is 1. The highest BCUT2D eigenvalue weighted by Gasteiger charge is 2.30. The Kier molecular flexibility index (Phi) is 4.15. The molecule has 22 heavy (non-hydrogen) atoms. The lowest BCUT2D eigenvalue weighted by molar-refractivity contribution is 0.0526. The van der Waals surface area contributed by atoms with Gasteiger partial charge in [-0.3, -0.25) is 0 Å². The summed E-state index contributed by atoms with van der Waals surface area (Å²) in [5, 5.41) is 4.86. The summed E-state index contributed by atoms with van der Waals surface area (Å²) in [7, 11) is 0. The Balaban J connectivity index is 0.00000144. The first-order chi connectivity index (χ1) is 10.3. The predicted octanol–water partition coefficient (Wildman–Crippen LogP) is 3.22. The molecule has 0 spiro atoms. The highest BCUT2D eigenvalue weighted by molar-refractivity contribution is 5.96. The van der Waals surface area contributed by atoms with Gasteiger partial charge in [-0.2, -0.15) is 0 Å². The first kappa shape index (κ1) is 15.4. The van der Waals surface area contributed by atoms with Gasteiger partial charge in [-0.25, -0.2) is 4.79 Å². The van der Waals surface area contributed by atoms with Crippen molar-refractivity contribution in [1.82, 2.24) is 9.88 Å². The van der Waals surface area contributed by atoms with Crippen LogP contribution < -0.4 is 5.32 Å². The lowest BCUT2D eigenvalue weighted by Crippen LogP contribution is -2.35. The van der Waals surface area contributed by atoms with E-state index >= 15 is 0 Å². The number of nitrogens with one attached hydrogen (secondary N) is 1. The number of benzene rings is 1. The molecule has 1 aromatic heterocycles. The van der Waals surface area contributed by atoms with Crippen LogP contribution in [-0.4, -0.2) is 23.7 Å². The van der Waals surface area contributed by atoms with E-state index in [0.29, 0.717) is 18.2 Å². The maximum absolute atomic E-state index is 12.0. The highest BCUT2D eigenvalue weighted by Crippen LogP contribution is 2.39. The highest BCUT2D eigenvalue weighted by atomic mass is 35.5. The molecule has 0 amide bonds. The largest absolute Gasteiger partial charge is 0.462 e. The average Bonchev–Trinajstić information content (AvgIpc) is 2.84. The Morgan fingerprint density at radius 2 is 2.32 bits per heavy atom. The summed E-state index contributed by atoms with van der Waals surface area (Å²) in [5.74, 6) is -0.221. The smallest absolute Gasteiger partial charge is 0.338 e. The SMILES string of the molecule is CCOC(=O)c1ccc2c(c1)c1c3n2CCNC3CCC1.Cl. The number of carbonyl (C=O) groups is 1. The van der Waals surface area contributed by atoms with Gasteiger partial charge in [-0.1, -0.05) is 0 Å². The molecule has 0 saturated carbocycles. The van der Waals surface area contributed by atoms with Crippen molar-refractivity contribution >= 4 is 29.3 Å². The summed E-state index contributed by atoms with van der Waals surface area (Å²) in [6.45, 7) is 4.30. The summed E-state index contributed by atoms with van der Waals surface area (Å²) in [6.07, 6.45) is 3.55. The molecule has 1 N–H and O–H groups in total. The second kappa shape index (κ2) is 5.94. The van der Waals surface area contributed by atoms with Crippen molar-refractivity contribution in [2.75, 3.05) is 13.2 Å². The van der Waals surface area contributed by atoms with E-state index in [4.69, 9.17) is 4.74 Å². The molecule has 1 aromatic carbocycles. The molecule has 2 aromatic rings. The fourth-order valence-corrected chi connectivity index (χ4v) is 3.86. The Morgan fingerprint density at radius 1 is 1.45 bits per heavy atom. The van der Waals surface area contributed by atoms with Gasteiger partial charge in [0.25, 0.3) is 0 Å². The van der Waals surface area contributed by atoms with Gasteiger partial charge in [0.2, 0.25) is 0 Å². The summed E-state index contributed by atoms with van der Waals surface area (Å²) in [4.78, 5) is 12.0. The minimum absolute atomic E-state index is 0. The van der Waals surface area contributed by atoms with Crippen LogP contribution in [0.25, 0.3) is 10.9 Å². The maximum Gasteiger partial charge on any atom is 0.338 e. The Labute approximate surface area is 136 Å². The molecule has 0 fully saturated rings. The molecule has 118 valence electrons. The molecule has 2 aliphatic rings. The average molecular weight is 321 g/mol. The molecule has 0 radical (unpaired) electrons. The van der Waals surface area contributed by atoms with Gasteiger partial charge >= 0.3 is 5.97 Å². The summed E-state index contributed by atoms with van der Waals surface area (Å²) >= 11 is 0. The monoisotopic (exact) mass is 320 g/mol. The van der Waals surface area contributed by atoms with E-state index in [1.807, 2.05) is 19.1 Å². The summed E-state index contributed by atoms with van der Waals surface area (Å²) < 4.78 is 7.57. The number of carbonyl (C=O) groups excluding carboxylic acids is 1. The van der Waals surface area contributed by atoms with Crippen molar-refractivity contribution in [3.63, 3.8) is 0 Å². The summed E-state index contributed by atoms with van der Waals surface area (Å²) in [6, 6.07) is 6.49. The van der Waals surface area contributed by atoms with E-state index < -0.39 is 0 Å². The molecule has 0 saturated heterocycles. The van der Waals surface area contributed by atoms with Crippen molar-refractivity contribution < 1.29 is 9.53 Å².